The highest BCUT2D eigenvalue weighted by Gasteiger charge is 2.23. The molecule has 2 rings (SSSR count). The van der Waals surface area contributed by atoms with Gasteiger partial charge in [-0.05, 0) is 49.4 Å². The summed E-state index contributed by atoms with van der Waals surface area (Å²) in [4.78, 5) is 11.5. The van der Waals surface area contributed by atoms with Crippen LogP contribution in [0.15, 0.2) is 6.07 Å². The number of rotatable bonds is 0. The molecular weight excluding hydrogens is 160 g/mol. The van der Waals surface area contributed by atoms with E-state index in [1.165, 1.54) is 16.7 Å². The van der Waals surface area contributed by atoms with E-state index in [1.54, 1.807) is 0 Å². The second kappa shape index (κ2) is 2.69. The van der Waals surface area contributed by atoms with Crippen molar-refractivity contribution >= 4 is 5.78 Å². The summed E-state index contributed by atoms with van der Waals surface area (Å²) in [6.07, 6.45) is 1.66. The Morgan fingerprint density at radius 1 is 1.08 bits per heavy atom. The van der Waals surface area contributed by atoms with Crippen molar-refractivity contribution in [3.8, 4) is 0 Å². The molecule has 1 aliphatic rings. The molecule has 13 heavy (non-hydrogen) atoms. The maximum Gasteiger partial charge on any atom is 0.163 e. The first-order valence-corrected chi connectivity index (χ1v) is 4.74. The minimum atomic E-state index is 0.329. The molecule has 0 spiro atoms. The predicted molar refractivity (Wildman–Crippen MR) is 53.3 cm³/mol. The first kappa shape index (κ1) is 8.49. The van der Waals surface area contributed by atoms with Crippen molar-refractivity contribution in [3.63, 3.8) is 0 Å². The van der Waals surface area contributed by atoms with E-state index in [0.29, 0.717) is 12.2 Å². The standard InChI is InChI=1S/C12H14O/c1-7-6-8(2)12-10(9(7)3)4-5-11(12)13/h6H,4-5H2,1-3H3. The molecule has 0 aliphatic heterocycles. The second-order valence-electron chi connectivity index (χ2n) is 3.91. The fourth-order valence-electron chi connectivity index (χ4n) is 2.23. The number of fused-ring (bicyclic) bond motifs is 1. The minimum absolute atomic E-state index is 0.329. The number of Topliss-reactive ketones (excluding diaryl/α,β-unsaturated/α-hetero) is 1. The Labute approximate surface area is 78.8 Å². The third kappa shape index (κ3) is 1.11. The molecule has 0 aromatic heterocycles. The van der Waals surface area contributed by atoms with E-state index in [4.69, 9.17) is 0 Å². The van der Waals surface area contributed by atoms with Crippen molar-refractivity contribution in [1.82, 2.24) is 0 Å². The molecule has 1 aromatic carbocycles. The first-order chi connectivity index (χ1) is 6.11. The zero-order valence-corrected chi connectivity index (χ0v) is 8.40. The molecule has 0 radical (unpaired) electrons. The van der Waals surface area contributed by atoms with Gasteiger partial charge in [-0.15, -0.1) is 0 Å². The lowest BCUT2D eigenvalue weighted by atomic mass is 9.95. The molecule has 0 atom stereocenters. The number of carbonyl (C=O) groups excluding carboxylic acids is 1. The molecule has 0 heterocycles. The van der Waals surface area contributed by atoms with Gasteiger partial charge in [0.25, 0.3) is 0 Å². The number of carbonyl (C=O) groups is 1. The van der Waals surface area contributed by atoms with Gasteiger partial charge in [0.05, 0.1) is 0 Å². The molecule has 1 aromatic rings. The number of hydrogen-bond acceptors (Lipinski definition) is 1. The third-order valence-corrected chi connectivity index (χ3v) is 3.05. The molecule has 0 amide bonds. The summed E-state index contributed by atoms with van der Waals surface area (Å²) in [6, 6.07) is 2.12. The van der Waals surface area contributed by atoms with Gasteiger partial charge in [0.15, 0.2) is 5.78 Å². The van der Waals surface area contributed by atoms with Gasteiger partial charge >= 0.3 is 0 Å². The monoisotopic (exact) mass is 174 g/mol. The van der Waals surface area contributed by atoms with Crippen LogP contribution in [0.1, 0.15) is 39.0 Å². The van der Waals surface area contributed by atoms with Crippen LogP contribution in [0.2, 0.25) is 0 Å². The van der Waals surface area contributed by atoms with Gasteiger partial charge in [0.2, 0.25) is 0 Å². The first-order valence-electron chi connectivity index (χ1n) is 4.74. The predicted octanol–water partition coefficient (Wildman–Crippen LogP) is 2.74. The summed E-state index contributed by atoms with van der Waals surface area (Å²) < 4.78 is 0. The van der Waals surface area contributed by atoms with Crippen LogP contribution in [0.3, 0.4) is 0 Å². The summed E-state index contributed by atoms with van der Waals surface area (Å²) in [5, 5.41) is 0. The average Bonchev–Trinajstić information content (AvgIpc) is 2.44. The van der Waals surface area contributed by atoms with E-state index in [2.05, 4.69) is 19.9 Å². The van der Waals surface area contributed by atoms with Crippen LogP contribution in [0.25, 0.3) is 0 Å². The van der Waals surface area contributed by atoms with Crippen LogP contribution >= 0.6 is 0 Å². The Kier molecular flexibility index (Phi) is 1.76. The molecule has 0 fully saturated rings. The Bertz CT molecular complexity index is 389. The van der Waals surface area contributed by atoms with E-state index >= 15 is 0 Å². The number of aryl methyl sites for hydroxylation is 2. The number of hydrogen-bond donors (Lipinski definition) is 0. The smallest absolute Gasteiger partial charge is 0.163 e. The fraction of sp³-hybridized carbons (Fsp3) is 0.417. The normalized spacial score (nSPS) is 14.8. The zero-order valence-electron chi connectivity index (χ0n) is 8.40. The topological polar surface area (TPSA) is 17.1 Å². The molecule has 0 bridgehead atoms. The lowest BCUT2D eigenvalue weighted by Gasteiger charge is -2.09. The second-order valence-corrected chi connectivity index (χ2v) is 3.91. The molecule has 1 nitrogen and oxygen atoms in total. The number of ketones is 1. The molecule has 68 valence electrons. The Hall–Kier alpha value is -1.11. The van der Waals surface area contributed by atoms with Crippen LogP contribution in [0.5, 0.6) is 0 Å². The van der Waals surface area contributed by atoms with Gasteiger partial charge in [-0.1, -0.05) is 6.07 Å². The van der Waals surface area contributed by atoms with E-state index in [9.17, 15) is 4.79 Å². The summed E-state index contributed by atoms with van der Waals surface area (Å²) >= 11 is 0. The van der Waals surface area contributed by atoms with Crippen molar-refractivity contribution in [2.24, 2.45) is 0 Å². The SMILES string of the molecule is Cc1cc(C)c2c(c1C)CCC2=O. The zero-order chi connectivity index (χ0) is 9.59. The average molecular weight is 174 g/mol. The number of benzene rings is 1. The molecule has 0 saturated carbocycles. The highest BCUT2D eigenvalue weighted by Crippen LogP contribution is 2.29. The largest absolute Gasteiger partial charge is 0.294 e. The van der Waals surface area contributed by atoms with Gasteiger partial charge < -0.3 is 0 Å². The van der Waals surface area contributed by atoms with Gasteiger partial charge in [0, 0.05) is 12.0 Å². The molecule has 0 unspecified atom stereocenters. The Morgan fingerprint density at radius 2 is 1.77 bits per heavy atom. The van der Waals surface area contributed by atoms with E-state index < -0.39 is 0 Å². The minimum Gasteiger partial charge on any atom is -0.294 e. The summed E-state index contributed by atoms with van der Waals surface area (Å²) in [5.41, 5.74) is 6.07. The summed E-state index contributed by atoms with van der Waals surface area (Å²) in [5.74, 6) is 0.329. The molecule has 1 aliphatic carbocycles. The molecule has 0 saturated heterocycles. The van der Waals surface area contributed by atoms with Gasteiger partial charge in [0.1, 0.15) is 0 Å². The Morgan fingerprint density at radius 3 is 2.46 bits per heavy atom. The van der Waals surface area contributed by atoms with Crippen molar-refractivity contribution in [1.29, 1.82) is 0 Å². The summed E-state index contributed by atoms with van der Waals surface area (Å²) in [6.45, 7) is 6.27. The molecule has 0 N–H and O–H groups in total. The van der Waals surface area contributed by atoms with Gasteiger partial charge in [-0.2, -0.15) is 0 Å². The van der Waals surface area contributed by atoms with Crippen molar-refractivity contribution in [2.75, 3.05) is 0 Å². The highest BCUT2D eigenvalue weighted by molar-refractivity contribution is 6.02. The van der Waals surface area contributed by atoms with E-state index in [1.807, 2.05) is 6.92 Å². The van der Waals surface area contributed by atoms with Crippen LogP contribution in [-0.4, -0.2) is 5.78 Å². The van der Waals surface area contributed by atoms with Crippen LogP contribution in [0.4, 0.5) is 0 Å². The maximum absolute atomic E-state index is 11.5. The Balaban J connectivity index is 2.76. The molecule has 1 heteroatoms. The molecular formula is C12H14O. The van der Waals surface area contributed by atoms with Crippen molar-refractivity contribution < 1.29 is 4.79 Å². The fourth-order valence-corrected chi connectivity index (χ4v) is 2.23. The van der Waals surface area contributed by atoms with Crippen LogP contribution in [0, 0.1) is 20.8 Å². The third-order valence-electron chi connectivity index (χ3n) is 3.05. The van der Waals surface area contributed by atoms with Gasteiger partial charge in [-0.3, -0.25) is 4.79 Å². The van der Waals surface area contributed by atoms with Crippen LogP contribution < -0.4 is 0 Å². The summed E-state index contributed by atoms with van der Waals surface area (Å²) in [7, 11) is 0. The maximum atomic E-state index is 11.5. The van der Waals surface area contributed by atoms with Crippen molar-refractivity contribution in [3.05, 3.63) is 33.9 Å². The van der Waals surface area contributed by atoms with Gasteiger partial charge in [-0.25, -0.2) is 0 Å². The van der Waals surface area contributed by atoms with Crippen LogP contribution in [-0.2, 0) is 6.42 Å². The highest BCUT2D eigenvalue weighted by atomic mass is 16.1. The quantitative estimate of drug-likeness (QED) is 0.591. The van der Waals surface area contributed by atoms with Crippen molar-refractivity contribution in [2.45, 2.75) is 33.6 Å². The lowest BCUT2D eigenvalue weighted by molar-refractivity contribution is 0.0994. The van der Waals surface area contributed by atoms with E-state index in [-0.39, 0.29) is 0 Å². The lowest BCUT2D eigenvalue weighted by Crippen LogP contribution is -1.98. The van der Waals surface area contributed by atoms with E-state index in [0.717, 1.165) is 17.5 Å².